The van der Waals surface area contributed by atoms with Crippen LogP contribution >= 0.6 is 0 Å². The zero-order chi connectivity index (χ0) is 6.91. The SMILES string of the molecule is CC1(O)CCCC(=O)N1. The summed E-state index contributed by atoms with van der Waals surface area (Å²) in [6.45, 7) is 1.62. The number of hydrogen-bond acceptors (Lipinski definition) is 2. The molecule has 1 aliphatic heterocycles. The minimum Gasteiger partial charge on any atom is -0.371 e. The highest BCUT2D eigenvalue weighted by atomic mass is 16.3. The van der Waals surface area contributed by atoms with Crippen LogP contribution in [0.2, 0.25) is 0 Å². The van der Waals surface area contributed by atoms with Crippen LogP contribution in [0.5, 0.6) is 0 Å². The van der Waals surface area contributed by atoms with Gasteiger partial charge in [0.25, 0.3) is 0 Å². The number of aliphatic hydroxyl groups is 1. The van der Waals surface area contributed by atoms with Crippen molar-refractivity contribution < 1.29 is 9.90 Å². The third kappa shape index (κ3) is 1.68. The molecule has 1 amide bonds. The zero-order valence-corrected chi connectivity index (χ0v) is 5.48. The van der Waals surface area contributed by atoms with E-state index in [0.29, 0.717) is 12.8 Å². The summed E-state index contributed by atoms with van der Waals surface area (Å²) in [6, 6.07) is 0. The largest absolute Gasteiger partial charge is 0.371 e. The molecule has 1 unspecified atom stereocenters. The molecule has 0 aromatic heterocycles. The van der Waals surface area contributed by atoms with Crippen LogP contribution < -0.4 is 5.32 Å². The molecule has 0 aliphatic carbocycles. The Kier molecular flexibility index (Phi) is 1.45. The molecule has 3 nitrogen and oxygen atoms in total. The van der Waals surface area contributed by atoms with E-state index < -0.39 is 5.72 Å². The van der Waals surface area contributed by atoms with Gasteiger partial charge >= 0.3 is 0 Å². The number of piperidine rings is 1. The highest BCUT2D eigenvalue weighted by Crippen LogP contribution is 2.15. The molecule has 0 aromatic rings. The molecular formula is C6H11NO2. The molecule has 1 atom stereocenters. The fraction of sp³-hybridized carbons (Fsp3) is 0.833. The Balaban J connectivity index is 2.51. The standard InChI is InChI=1S/C6H11NO2/c1-6(9)4-2-3-5(8)7-6/h9H,2-4H2,1H3,(H,7,8). The lowest BCUT2D eigenvalue weighted by atomic mass is 10.0. The maximum absolute atomic E-state index is 10.6. The number of carbonyl (C=O) groups excluding carboxylic acids is 1. The second-order valence-electron chi connectivity index (χ2n) is 2.68. The summed E-state index contributed by atoms with van der Waals surface area (Å²) >= 11 is 0. The molecule has 2 N–H and O–H groups in total. The minimum atomic E-state index is -0.949. The molecule has 3 heteroatoms. The smallest absolute Gasteiger partial charge is 0.222 e. The van der Waals surface area contributed by atoms with Crippen LogP contribution in [0.25, 0.3) is 0 Å². The summed E-state index contributed by atoms with van der Waals surface area (Å²) in [5.41, 5.74) is -0.949. The molecule has 0 aromatic carbocycles. The summed E-state index contributed by atoms with van der Waals surface area (Å²) in [4.78, 5) is 10.6. The van der Waals surface area contributed by atoms with Crippen molar-refractivity contribution in [2.45, 2.75) is 31.9 Å². The summed E-state index contributed by atoms with van der Waals surface area (Å²) in [5, 5.41) is 11.7. The lowest BCUT2D eigenvalue weighted by Gasteiger charge is -2.28. The molecule has 1 fully saturated rings. The Morgan fingerprint density at radius 2 is 2.44 bits per heavy atom. The fourth-order valence-corrected chi connectivity index (χ4v) is 1.02. The zero-order valence-electron chi connectivity index (χ0n) is 5.48. The molecule has 0 spiro atoms. The van der Waals surface area contributed by atoms with Crippen LogP contribution in [-0.2, 0) is 4.79 Å². The number of amides is 1. The van der Waals surface area contributed by atoms with Crippen LogP contribution in [0, 0.1) is 0 Å². The van der Waals surface area contributed by atoms with Crippen LogP contribution in [0.4, 0.5) is 0 Å². The monoisotopic (exact) mass is 129 g/mol. The molecule has 0 saturated carbocycles. The first-order valence-corrected chi connectivity index (χ1v) is 3.13. The predicted molar refractivity (Wildman–Crippen MR) is 32.6 cm³/mol. The number of hydrogen-bond donors (Lipinski definition) is 2. The third-order valence-corrected chi connectivity index (χ3v) is 1.48. The van der Waals surface area contributed by atoms with Crippen molar-refractivity contribution in [3.63, 3.8) is 0 Å². The maximum atomic E-state index is 10.6. The van der Waals surface area contributed by atoms with Crippen molar-refractivity contribution in [3.05, 3.63) is 0 Å². The summed E-state index contributed by atoms with van der Waals surface area (Å²) in [7, 11) is 0. The van der Waals surface area contributed by atoms with Gasteiger partial charge in [-0.25, -0.2) is 0 Å². The van der Waals surface area contributed by atoms with Crippen LogP contribution in [0.3, 0.4) is 0 Å². The van der Waals surface area contributed by atoms with Gasteiger partial charge in [0.05, 0.1) is 0 Å². The van der Waals surface area contributed by atoms with Crippen molar-refractivity contribution in [3.8, 4) is 0 Å². The second kappa shape index (κ2) is 1.99. The lowest BCUT2D eigenvalue weighted by molar-refractivity contribution is -0.132. The van der Waals surface area contributed by atoms with E-state index in [1.165, 1.54) is 0 Å². The summed E-state index contributed by atoms with van der Waals surface area (Å²) in [6.07, 6.45) is 2.01. The Hall–Kier alpha value is -0.570. The highest BCUT2D eigenvalue weighted by molar-refractivity contribution is 5.77. The highest BCUT2D eigenvalue weighted by Gasteiger charge is 2.26. The predicted octanol–water partition coefficient (Wildman–Crippen LogP) is -0.00500. The Labute approximate surface area is 54.1 Å². The van der Waals surface area contributed by atoms with Gasteiger partial charge in [0.15, 0.2) is 0 Å². The Morgan fingerprint density at radius 1 is 1.78 bits per heavy atom. The molecule has 1 aliphatic rings. The Bertz CT molecular complexity index is 131. The van der Waals surface area contributed by atoms with Crippen molar-refractivity contribution in [1.82, 2.24) is 5.32 Å². The average Bonchev–Trinajstić information content (AvgIpc) is 1.60. The summed E-state index contributed by atoms with van der Waals surface area (Å²) < 4.78 is 0. The molecule has 9 heavy (non-hydrogen) atoms. The van der Waals surface area contributed by atoms with Crippen LogP contribution in [0.1, 0.15) is 26.2 Å². The van der Waals surface area contributed by atoms with Crippen molar-refractivity contribution in [2.24, 2.45) is 0 Å². The van der Waals surface area contributed by atoms with E-state index in [0.717, 1.165) is 6.42 Å². The molecule has 0 bridgehead atoms. The van der Waals surface area contributed by atoms with Crippen molar-refractivity contribution in [1.29, 1.82) is 0 Å². The van der Waals surface area contributed by atoms with Gasteiger partial charge in [-0.2, -0.15) is 0 Å². The Morgan fingerprint density at radius 3 is 2.78 bits per heavy atom. The van der Waals surface area contributed by atoms with Gasteiger partial charge in [-0.05, 0) is 19.8 Å². The van der Waals surface area contributed by atoms with E-state index >= 15 is 0 Å². The van der Waals surface area contributed by atoms with E-state index in [2.05, 4.69) is 5.32 Å². The minimum absolute atomic E-state index is 0.0498. The van der Waals surface area contributed by atoms with Crippen LogP contribution in [0.15, 0.2) is 0 Å². The fourth-order valence-electron chi connectivity index (χ4n) is 1.02. The number of rotatable bonds is 0. The maximum Gasteiger partial charge on any atom is 0.222 e. The topological polar surface area (TPSA) is 49.3 Å². The van der Waals surface area contributed by atoms with Gasteiger partial charge in [-0.1, -0.05) is 0 Å². The van der Waals surface area contributed by atoms with E-state index in [-0.39, 0.29) is 5.91 Å². The van der Waals surface area contributed by atoms with E-state index in [9.17, 15) is 9.90 Å². The molecule has 1 rings (SSSR count). The third-order valence-electron chi connectivity index (χ3n) is 1.48. The van der Waals surface area contributed by atoms with Gasteiger partial charge in [-0.15, -0.1) is 0 Å². The van der Waals surface area contributed by atoms with Gasteiger partial charge in [-0.3, -0.25) is 4.79 Å². The van der Waals surface area contributed by atoms with Gasteiger partial charge in [0.2, 0.25) is 5.91 Å². The molecule has 52 valence electrons. The van der Waals surface area contributed by atoms with Crippen molar-refractivity contribution in [2.75, 3.05) is 0 Å². The van der Waals surface area contributed by atoms with Gasteiger partial charge in [0.1, 0.15) is 5.72 Å². The molecule has 1 heterocycles. The van der Waals surface area contributed by atoms with Gasteiger partial charge in [0, 0.05) is 6.42 Å². The van der Waals surface area contributed by atoms with Crippen LogP contribution in [-0.4, -0.2) is 16.7 Å². The first-order chi connectivity index (χ1) is 4.10. The molecule has 1 saturated heterocycles. The second-order valence-corrected chi connectivity index (χ2v) is 2.68. The average molecular weight is 129 g/mol. The quantitative estimate of drug-likeness (QED) is 0.483. The summed E-state index contributed by atoms with van der Waals surface area (Å²) in [5.74, 6) is -0.0498. The first-order valence-electron chi connectivity index (χ1n) is 3.13. The molecule has 0 radical (unpaired) electrons. The lowest BCUT2D eigenvalue weighted by Crippen LogP contribution is -2.48. The van der Waals surface area contributed by atoms with E-state index in [1.807, 2.05) is 0 Å². The van der Waals surface area contributed by atoms with E-state index in [4.69, 9.17) is 0 Å². The first kappa shape index (κ1) is 6.55. The van der Waals surface area contributed by atoms with Gasteiger partial charge < -0.3 is 10.4 Å². The number of carbonyl (C=O) groups is 1. The number of nitrogens with one attached hydrogen (secondary N) is 1. The van der Waals surface area contributed by atoms with E-state index in [1.54, 1.807) is 6.92 Å². The van der Waals surface area contributed by atoms with Crippen molar-refractivity contribution >= 4 is 5.91 Å². The molecular weight excluding hydrogens is 118 g/mol. The normalized spacial score (nSPS) is 36.0.